The standard InChI is InChI=1S/C14H23N3O2S/c1-15-11-12-5-3-4-6-14(12)20(18,19)16-13-7-9-17(2)10-8-13/h3-6,13,15-16H,7-11H2,1-2H3. The van der Waals surface area contributed by atoms with Crippen LogP contribution in [0.1, 0.15) is 18.4 Å². The number of piperidine rings is 1. The normalized spacial score (nSPS) is 18.3. The molecule has 2 rings (SSSR count). The number of hydrogen-bond donors (Lipinski definition) is 2. The van der Waals surface area contributed by atoms with Crippen molar-refractivity contribution < 1.29 is 8.42 Å². The average Bonchev–Trinajstić information content (AvgIpc) is 2.42. The summed E-state index contributed by atoms with van der Waals surface area (Å²) in [5, 5.41) is 3.01. The van der Waals surface area contributed by atoms with Gasteiger partial charge < -0.3 is 10.2 Å². The van der Waals surface area contributed by atoms with Gasteiger partial charge in [0.15, 0.2) is 0 Å². The molecule has 0 radical (unpaired) electrons. The van der Waals surface area contributed by atoms with E-state index in [4.69, 9.17) is 0 Å². The molecular weight excluding hydrogens is 274 g/mol. The molecular formula is C14H23N3O2S. The Morgan fingerprint density at radius 1 is 1.25 bits per heavy atom. The second-order valence-corrected chi connectivity index (χ2v) is 7.02. The van der Waals surface area contributed by atoms with Crippen molar-refractivity contribution in [1.82, 2.24) is 14.9 Å². The Bertz CT molecular complexity index is 537. The summed E-state index contributed by atoms with van der Waals surface area (Å²) in [6.07, 6.45) is 1.73. The molecule has 0 bridgehead atoms. The lowest BCUT2D eigenvalue weighted by Gasteiger charge is -2.29. The first-order chi connectivity index (χ1) is 9.53. The van der Waals surface area contributed by atoms with Crippen LogP contribution in [-0.4, -0.2) is 46.5 Å². The minimum absolute atomic E-state index is 0.0406. The molecule has 0 aromatic heterocycles. The van der Waals surface area contributed by atoms with Crippen LogP contribution in [0.5, 0.6) is 0 Å². The third-order valence-electron chi connectivity index (χ3n) is 3.67. The monoisotopic (exact) mass is 297 g/mol. The highest BCUT2D eigenvalue weighted by atomic mass is 32.2. The molecule has 1 aromatic carbocycles. The quantitative estimate of drug-likeness (QED) is 0.843. The smallest absolute Gasteiger partial charge is 0.241 e. The Morgan fingerprint density at radius 2 is 1.90 bits per heavy atom. The maximum absolute atomic E-state index is 12.5. The van der Waals surface area contributed by atoms with E-state index in [1.807, 2.05) is 19.2 Å². The summed E-state index contributed by atoms with van der Waals surface area (Å²) < 4.78 is 27.9. The zero-order valence-electron chi connectivity index (χ0n) is 12.1. The van der Waals surface area contributed by atoms with Gasteiger partial charge in [-0.1, -0.05) is 18.2 Å². The van der Waals surface area contributed by atoms with Crippen molar-refractivity contribution in [3.8, 4) is 0 Å². The van der Waals surface area contributed by atoms with Crippen molar-refractivity contribution in [2.75, 3.05) is 27.2 Å². The van der Waals surface area contributed by atoms with Gasteiger partial charge in [-0.15, -0.1) is 0 Å². The molecule has 1 aliphatic rings. The molecule has 0 spiro atoms. The number of hydrogen-bond acceptors (Lipinski definition) is 4. The van der Waals surface area contributed by atoms with Gasteiger partial charge in [0, 0.05) is 12.6 Å². The van der Waals surface area contributed by atoms with Crippen LogP contribution in [0, 0.1) is 0 Å². The molecule has 0 aliphatic carbocycles. The van der Waals surface area contributed by atoms with E-state index in [2.05, 4.69) is 22.0 Å². The summed E-state index contributed by atoms with van der Waals surface area (Å²) in [7, 11) is 0.437. The van der Waals surface area contributed by atoms with Crippen molar-refractivity contribution in [1.29, 1.82) is 0 Å². The molecule has 1 fully saturated rings. The summed E-state index contributed by atoms with van der Waals surface area (Å²) >= 11 is 0. The minimum atomic E-state index is -3.44. The topological polar surface area (TPSA) is 61.4 Å². The maximum atomic E-state index is 12.5. The largest absolute Gasteiger partial charge is 0.316 e. The summed E-state index contributed by atoms with van der Waals surface area (Å²) in [6.45, 7) is 2.42. The summed E-state index contributed by atoms with van der Waals surface area (Å²) in [5.74, 6) is 0. The zero-order valence-corrected chi connectivity index (χ0v) is 12.9. The Kier molecular flexibility index (Phi) is 5.15. The van der Waals surface area contributed by atoms with E-state index in [0.717, 1.165) is 31.5 Å². The van der Waals surface area contributed by atoms with E-state index in [9.17, 15) is 8.42 Å². The van der Waals surface area contributed by atoms with Crippen LogP contribution in [0.4, 0.5) is 0 Å². The lowest BCUT2D eigenvalue weighted by atomic mass is 10.1. The highest BCUT2D eigenvalue weighted by molar-refractivity contribution is 7.89. The second kappa shape index (κ2) is 6.67. The lowest BCUT2D eigenvalue weighted by molar-refractivity contribution is 0.248. The van der Waals surface area contributed by atoms with Crippen molar-refractivity contribution in [3.05, 3.63) is 29.8 Å². The summed E-state index contributed by atoms with van der Waals surface area (Å²) in [6, 6.07) is 7.19. The molecule has 1 aliphatic heterocycles. The Hall–Kier alpha value is -0.950. The average molecular weight is 297 g/mol. The highest BCUT2D eigenvalue weighted by Gasteiger charge is 2.24. The van der Waals surface area contributed by atoms with Crippen LogP contribution in [-0.2, 0) is 16.6 Å². The maximum Gasteiger partial charge on any atom is 0.241 e. The number of likely N-dealkylation sites (tertiary alicyclic amines) is 1. The summed E-state index contributed by atoms with van der Waals surface area (Å²) in [4.78, 5) is 2.60. The van der Waals surface area contributed by atoms with Gasteiger partial charge in [-0.3, -0.25) is 0 Å². The lowest BCUT2D eigenvalue weighted by Crippen LogP contribution is -2.43. The number of benzene rings is 1. The number of nitrogens with one attached hydrogen (secondary N) is 2. The van der Waals surface area contributed by atoms with E-state index in [1.165, 1.54) is 0 Å². The molecule has 0 saturated carbocycles. The third-order valence-corrected chi connectivity index (χ3v) is 5.29. The van der Waals surface area contributed by atoms with Crippen LogP contribution < -0.4 is 10.0 Å². The zero-order chi connectivity index (χ0) is 14.6. The SMILES string of the molecule is CNCc1ccccc1S(=O)(=O)NC1CCN(C)CC1. The molecule has 1 saturated heterocycles. The van der Waals surface area contributed by atoms with E-state index in [1.54, 1.807) is 12.1 Å². The Balaban J connectivity index is 2.14. The third kappa shape index (κ3) is 3.79. The molecule has 1 aromatic rings. The molecule has 112 valence electrons. The number of sulfonamides is 1. The van der Waals surface area contributed by atoms with E-state index in [-0.39, 0.29) is 6.04 Å². The van der Waals surface area contributed by atoms with Crippen LogP contribution in [0.25, 0.3) is 0 Å². The summed E-state index contributed by atoms with van der Waals surface area (Å²) in [5.41, 5.74) is 0.801. The van der Waals surface area contributed by atoms with Crippen molar-refractivity contribution >= 4 is 10.0 Å². The van der Waals surface area contributed by atoms with Crippen molar-refractivity contribution in [3.63, 3.8) is 0 Å². The Labute approximate surface area is 121 Å². The van der Waals surface area contributed by atoms with Crippen molar-refractivity contribution in [2.45, 2.75) is 30.3 Å². The fourth-order valence-corrected chi connectivity index (χ4v) is 4.06. The molecule has 20 heavy (non-hydrogen) atoms. The van der Waals surface area contributed by atoms with Crippen LogP contribution in [0.2, 0.25) is 0 Å². The van der Waals surface area contributed by atoms with E-state index < -0.39 is 10.0 Å². The molecule has 2 N–H and O–H groups in total. The van der Waals surface area contributed by atoms with Gasteiger partial charge in [0.25, 0.3) is 0 Å². The highest BCUT2D eigenvalue weighted by Crippen LogP contribution is 2.18. The van der Waals surface area contributed by atoms with Gasteiger partial charge >= 0.3 is 0 Å². The first-order valence-corrected chi connectivity index (χ1v) is 8.44. The molecule has 6 heteroatoms. The fourth-order valence-electron chi connectivity index (χ4n) is 2.51. The van der Waals surface area contributed by atoms with Gasteiger partial charge in [0.05, 0.1) is 4.90 Å². The van der Waals surface area contributed by atoms with E-state index >= 15 is 0 Å². The fraction of sp³-hybridized carbons (Fsp3) is 0.571. The van der Waals surface area contributed by atoms with Gasteiger partial charge in [-0.25, -0.2) is 13.1 Å². The molecule has 0 unspecified atom stereocenters. The molecule has 0 atom stereocenters. The molecule has 5 nitrogen and oxygen atoms in total. The van der Waals surface area contributed by atoms with Crippen LogP contribution >= 0.6 is 0 Å². The minimum Gasteiger partial charge on any atom is -0.316 e. The second-order valence-electron chi connectivity index (χ2n) is 5.34. The van der Waals surface area contributed by atoms with Crippen molar-refractivity contribution in [2.24, 2.45) is 0 Å². The van der Waals surface area contributed by atoms with Gasteiger partial charge in [0.1, 0.15) is 0 Å². The number of rotatable bonds is 5. The Morgan fingerprint density at radius 3 is 2.55 bits per heavy atom. The predicted octanol–water partition coefficient (Wildman–Crippen LogP) is 0.779. The first-order valence-electron chi connectivity index (χ1n) is 6.96. The first kappa shape index (κ1) is 15.4. The van der Waals surface area contributed by atoms with Gasteiger partial charge in [-0.05, 0) is 51.7 Å². The van der Waals surface area contributed by atoms with Crippen LogP contribution in [0.15, 0.2) is 29.2 Å². The molecule has 0 amide bonds. The van der Waals surface area contributed by atoms with Gasteiger partial charge in [0.2, 0.25) is 10.0 Å². The predicted molar refractivity (Wildman–Crippen MR) is 80.0 cm³/mol. The van der Waals surface area contributed by atoms with Gasteiger partial charge in [-0.2, -0.15) is 0 Å². The molecule has 1 heterocycles. The number of nitrogens with zero attached hydrogens (tertiary/aromatic N) is 1. The van der Waals surface area contributed by atoms with E-state index in [0.29, 0.717) is 11.4 Å². The van der Waals surface area contributed by atoms with Crippen LogP contribution in [0.3, 0.4) is 0 Å².